The fourth-order valence-electron chi connectivity index (χ4n) is 3.07. The maximum absolute atomic E-state index is 12.3. The summed E-state index contributed by atoms with van der Waals surface area (Å²) in [7, 11) is 3.12. The van der Waals surface area contributed by atoms with Gasteiger partial charge in [-0.05, 0) is 42.7 Å². The summed E-state index contributed by atoms with van der Waals surface area (Å²) in [5, 5.41) is 7.18. The zero-order chi connectivity index (χ0) is 21.3. The van der Waals surface area contributed by atoms with Crippen molar-refractivity contribution >= 4 is 5.91 Å². The second kappa shape index (κ2) is 10.2. The van der Waals surface area contributed by atoms with Crippen LogP contribution >= 0.6 is 0 Å². The second-order valence-corrected chi connectivity index (χ2v) is 6.72. The molecule has 0 aliphatic heterocycles. The maximum atomic E-state index is 12.3. The number of hydrogen-bond donors (Lipinski definition) is 1. The quantitative estimate of drug-likeness (QED) is 0.552. The number of ether oxygens (including phenoxy) is 2. The largest absolute Gasteiger partial charge is 0.493 e. The second-order valence-electron chi connectivity index (χ2n) is 6.72. The van der Waals surface area contributed by atoms with Crippen molar-refractivity contribution in [1.29, 1.82) is 0 Å². The number of nitrogens with one attached hydrogen (secondary N) is 1. The Kier molecular flexibility index (Phi) is 7.21. The van der Waals surface area contributed by atoms with Gasteiger partial charge in [0.2, 0.25) is 5.91 Å². The zero-order valence-corrected chi connectivity index (χ0v) is 17.1. The number of carbonyl (C=O) groups excluding carboxylic acids is 1. The first kappa shape index (κ1) is 21.1. The Hall–Kier alpha value is -3.61. The van der Waals surface area contributed by atoms with E-state index in [-0.39, 0.29) is 18.0 Å². The van der Waals surface area contributed by atoms with Gasteiger partial charge in [0, 0.05) is 18.2 Å². The Bertz CT molecular complexity index is 1050. The van der Waals surface area contributed by atoms with Gasteiger partial charge < -0.3 is 14.8 Å². The van der Waals surface area contributed by atoms with Gasteiger partial charge in [0.05, 0.1) is 19.9 Å². The van der Waals surface area contributed by atoms with Gasteiger partial charge in [-0.3, -0.25) is 9.59 Å². The van der Waals surface area contributed by atoms with Crippen molar-refractivity contribution in [3.05, 3.63) is 76.6 Å². The van der Waals surface area contributed by atoms with Crippen molar-refractivity contribution in [1.82, 2.24) is 15.1 Å². The molecule has 0 unspecified atom stereocenters. The predicted octanol–water partition coefficient (Wildman–Crippen LogP) is 2.68. The van der Waals surface area contributed by atoms with E-state index >= 15 is 0 Å². The molecule has 0 fully saturated rings. The highest BCUT2D eigenvalue weighted by Gasteiger charge is 2.10. The highest BCUT2D eigenvalue weighted by Crippen LogP contribution is 2.31. The van der Waals surface area contributed by atoms with E-state index in [1.54, 1.807) is 32.4 Å². The number of methoxy groups -OCH3 is 2. The van der Waals surface area contributed by atoms with E-state index in [1.165, 1.54) is 16.3 Å². The smallest absolute Gasteiger partial charge is 0.267 e. The molecule has 0 spiro atoms. The molecule has 0 atom stereocenters. The number of benzene rings is 2. The minimum absolute atomic E-state index is 0.134. The summed E-state index contributed by atoms with van der Waals surface area (Å²) in [4.78, 5) is 24.4. The van der Waals surface area contributed by atoms with Gasteiger partial charge in [-0.2, -0.15) is 5.10 Å². The van der Waals surface area contributed by atoms with Crippen LogP contribution in [0, 0.1) is 0 Å². The molecular formula is C23H25N3O4. The summed E-state index contributed by atoms with van der Waals surface area (Å²) in [6.45, 7) is 0.406. The van der Waals surface area contributed by atoms with Crippen molar-refractivity contribution in [2.45, 2.75) is 19.4 Å². The lowest BCUT2D eigenvalue weighted by molar-refractivity contribution is -0.121. The molecule has 1 heterocycles. The molecule has 7 nitrogen and oxygen atoms in total. The number of aromatic nitrogens is 2. The third kappa shape index (κ3) is 5.47. The lowest BCUT2D eigenvalue weighted by Gasteiger charge is -2.11. The first-order chi connectivity index (χ1) is 14.6. The number of rotatable bonds is 9. The van der Waals surface area contributed by atoms with Gasteiger partial charge in [-0.1, -0.05) is 30.3 Å². The Morgan fingerprint density at radius 2 is 1.77 bits per heavy atom. The normalized spacial score (nSPS) is 10.5. The van der Waals surface area contributed by atoms with Crippen molar-refractivity contribution in [3.8, 4) is 22.8 Å². The van der Waals surface area contributed by atoms with Crippen LogP contribution in [0.3, 0.4) is 0 Å². The van der Waals surface area contributed by atoms with Crippen LogP contribution < -0.4 is 20.3 Å². The molecule has 0 saturated heterocycles. The Balaban J connectivity index is 1.62. The average Bonchev–Trinajstić information content (AvgIpc) is 2.78. The molecule has 1 amide bonds. The van der Waals surface area contributed by atoms with Gasteiger partial charge in [0.25, 0.3) is 5.56 Å². The third-order valence-electron chi connectivity index (χ3n) is 4.65. The number of carbonyl (C=O) groups is 1. The lowest BCUT2D eigenvalue weighted by atomic mass is 10.1. The molecule has 0 radical (unpaired) electrons. The Labute approximate surface area is 175 Å². The molecule has 0 bridgehead atoms. The predicted molar refractivity (Wildman–Crippen MR) is 115 cm³/mol. The molecule has 1 N–H and O–H groups in total. The molecule has 0 aliphatic rings. The molecule has 0 aliphatic carbocycles. The van der Waals surface area contributed by atoms with Crippen molar-refractivity contribution in [3.63, 3.8) is 0 Å². The first-order valence-electron chi connectivity index (χ1n) is 9.72. The summed E-state index contributed by atoms with van der Waals surface area (Å²) >= 11 is 0. The van der Waals surface area contributed by atoms with E-state index in [0.717, 1.165) is 18.4 Å². The molecule has 3 rings (SSSR count). The molecule has 3 aromatic rings. The van der Waals surface area contributed by atoms with Crippen LogP contribution in [0.25, 0.3) is 11.3 Å². The summed E-state index contributed by atoms with van der Waals surface area (Å²) in [6, 6.07) is 18.5. The first-order valence-corrected chi connectivity index (χ1v) is 9.72. The summed E-state index contributed by atoms with van der Waals surface area (Å²) in [6.07, 6.45) is 1.71. The lowest BCUT2D eigenvalue weighted by Crippen LogP contribution is -2.34. The third-order valence-corrected chi connectivity index (χ3v) is 4.65. The van der Waals surface area contributed by atoms with Gasteiger partial charge in [0.15, 0.2) is 11.5 Å². The van der Waals surface area contributed by atoms with E-state index in [1.807, 2.05) is 24.3 Å². The number of hydrogen-bond acceptors (Lipinski definition) is 5. The van der Waals surface area contributed by atoms with E-state index in [9.17, 15) is 9.59 Å². The van der Waals surface area contributed by atoms with Gasteiger partial charge in [0.1, 0.15) is 6.54 Å². The molecule has 2 aromatic carbocycles. The minimum Gasteiger partial charge on any atom is -0.493 e. The van der Waals surface area contributed by atoms with E-state index in [0.29, 0.717) is 23.7 Å². The van der Waals surface area contributed by atoms with Crippen LogP contribution in [-0.4, -0.2) is 36.5 Å². The van der Waals surface area contributed by atoms with Crippen LogP contribution in [0.5, 0.6) is 11.5 Å². The fourth-order valence-corrected chi connectivity index (χ4v) is 3.07. The summed E-state index contributed by atoms with van der Waals surface area (Å²) in [5.41, 5.74) is 2.21. The SMILES string of the molecule is COc1ccc(-c2ccc(=O)n(CC(=O)NCCCc3ccccc3)n2)cc1OC. The van der Waals surface area contributed by atoms with Crippen molar-refractivity contribution < 1.29 is 14.3 Å². The van der Waals surface area contributed by atoms with Gasteiger partial charge in [-0.25, -0.2) is 4.68 Å². The monoisotopic (exact) mass is 407 g/mol. The van der Waals surface area contributed by atoms with Crippen LogP contribution in [0.15, 0.2) is 65.5 Å². The Morgan fingerprint density at radius 3 is 2.50 bits per heavy atom. The van der Waals surface area contributed by atoms with Crippen molar-refractivity contribution in [2.75, 3.05) is 20.8 Å². The van der Waals surface area contributed by atoms with Gasteiger partial charge >= 0.3 is 0 Å². The van der Waals surface area contributed by atoms with Gasteiger partial charge in [-0.15, -0.1) is 0 Å². The van der Waals surface area contributed by atoms with Crippen LogP contribution in [0.2, 0.25) is 0 Å². The average molecular weight is 407 g/mol. The molecule has 0 saturated carbocycles. The Morgan fingerprint density at radius 1 is 1.00 bits per heavy atom. The molecular weight excluding hydrogens is 382 g/mol. The van der Waals surface area contributed by atoms with Crippen LogP contribution in [0.1, 0.15) is 12.0 Å². The van der Waals surface area contributed by atoms with Crippen LogP contribution in [0.4, 0.5) is 0 Å². The maximum Gasteiger partial charge on any atom is 0.267 e. The fraction of sp³-hybridized carbons (Fsp3) is 0.261. The van der Waals surface area contributed by atoms with E-state index < -0.39 is 0 Å². The molecule has 156 valence electrons. The summed E-state index contributed by atoms with van der Waals surface area (Å²) in [5.74, 6) is 0.914. The molecule has 1 aromatic heterocycles. The van der Waals surface area contributed by atoms with E-state index in [2.05, 4.69) is 22.5 Å². The topological polar surface area (TPSA) is 82.5 Å². The molecule has 7 heteroatoms. The minimum atomic E-state index is -0.335. The standard InChI is InChI=1S/C23H25N3O4/c1-29-20-12-10-18(15-21(20)30-2)19-11-13-23(28)26(25-19)16-22(27)24-14-6-9-17-7-4-3-5-8-17/h3-5,7-8,10-13,15H,6,9,14,16H2,1-2H3,(H,24,27). The van der Waals surface area contributed by atoms with Crippen LogP contribution in [-0.2, 0) is 17.8 Å². The van der Waals surface area contributed by atoms with E-state index in [4.69, 9.17) is 9.47 Å². The molecule has 30 heavy (non-hydrogen) atoms. The zero-order valence-electron chi connectivity index (χ0n) is 17.1. The summed E-state index contributed by atoms with van der Waals surface area (Å²) < 4.78 is 11.7. The highest BCUT2D eigenvalue weighted by molar-refractivity contribution is 5.75. The van der Waals surface area contributed by atoms with Crippen molar-refractivity contribution in [2.24, 2.45) is 0 Å². The number of aryl methyl sites for hydroxylation is 1. The number of amides is 1. The highest BCUT2D eigenvalue weighted by atomic mass is 16.5. The number of nitrogens with zero attached hydrogens (tertiary/aromatic N) is 2.